The predicted molar refractivity (Wildman–Crippen MR) is 54.5 cm³/mol. The zero-order chi connectivity index (χ0) is 10.3. The summed E-state index contributed by atoms with van der Waals surface area (Å²) in [6, 6.07) is 1.90. The fourth-order valence-electron chi connectivity index (χ4n) is 1.31. The van der Waals surface area contributed by atoms with Crippen LogP contribution in [-0.2, 0) is 7.05 Å². The summed E-state index contributed by atoms with van der Waals surface area (Å²) in [5.41, 5.74) is 1.74. The molecule has 74 valence electrons. The van der Waals surface area contributed by atoms with Crippen molar-refractivity contribution in [1.82, 2.24) is 24.7 Å². The van der Waals surface area contributed by atoms with E-state index in [1.807, 2.05) is 20.0 Å². The Morgan fingerprint density at radius 3 is 2.71 bits per heavy atom. The third-order valence-electron chi connectivity index (χ3n) is 1.94. The summed E-state index contributed by atoms with van der Waals surface area (Å²) < 4.78 is 3.42. The summed E-state index contributed by atoms with van der Waals surface area (Å²) in [7, 11) is 1.83. The molecular weight excluding hydrogens is 200 g/mol. The van der Waals surface area contributed by atoms with Crippen LogP contribution >= 0.6 is 12.2 Å². The molecule has 6 nitrogen and oxygen atoms in total. The molecule has 0 aliphatic rings. The first-order chi connectivity index (χ1) is 6.59. The molecule has 2 aromatic rings. The van der Waals surface area contributed by atoms with Crippen molar-refractivity contribution in [1.29, 1.82) is 0 Å². The predicted octanol–water partition coefficient (Wildman–Crippen LogP) is 0.363. The first-order valence-electron chi connectivity index (χ1n) is 4.03. The molecule has 0 atom stereocenters. The van der Waals surface area contributed by atoms with Gasteiger partial charge in [0.2, 0.25) is 4.77 Å². The lowest BCUT2D eigenvalue weighted by atomic mass is 10.3. The maximum atomic E-state index is 5.69. The van der Waals surface area contributed by atoms with Crippen LogP contribution in [0.1, 0.15) is 5.69 Å². The molecule has 0 radical (unpaired) electrons. The first-order valence-corrected chi connectivity index (χ1v) is 4.44. The summed E-state index contributed by atoms with van der Waals surface area (Å²) in [6.07, 6.45) is 0. The van der Waals surface area contributed by atoms with Crippen LogP contribution in [0.5, 0.6) is 0 Å². The van der Waals surface area contributed by atoms with Gasteiger partial charge in [-0.3, -0.25) is 4.68 Å². The van der Waals surface area contributed by atoms with Crippen LogP contribution < -0.4 is 5.84 Å². The normalized spacial score (nSPS) is 10.7. The van der Waals surface area contributed by atoms with Gasteiger partial charge in [0.15, 0.2) is 5.82 Å². The maximum absolute atomic E-state index is 5.69. The van der Waals surface area contributed by atoms with E-state index in [1.165, 1.54) is 4.68 Å². The lowest BCUT2D eigenvalue weighted by molar-refractivity contribution is 0.755. The Bertz CT molecular complexity index is 519. The highest BCUT2D eigenvalue weighted by molar-refractivity contribution is 7.71. The van der Waals surface area contributed by atoms with Crippen molar-refractivity contribution in [2.24, 2.45) is 7.05 Å². The van der Waals surface area contributed by atoms with Gasteiger partial charge in [-0.05, 0) is 25.2 Å². The molecule has 0 aliphatic carbocycles. The number of aromatic amines is 1. The number of nitrogens with two attached hydrogens (primary N) is 1. The summed E-state index contributed by atoms with van der Waals surface area (Å²) in [5, 5.41) is 10.8. The van der Waals surface area contributed by atoms with Crippen molar-refractivity contribution >= 4 is 12.2 Å². The molecule has 0 saturated heterocycles. The number of H-pyrrole nitrogens is 1. The van der Waals surface area contributed by atoms with Gasteiger partial charge in [-0.25, -0.2) is 9.77 Å². The molecule has 2 aromatic heterocycles. The second kappa shape index (κ2) is 2.95. The minimum absolute atomic E-state index is 0.388. The molecule has 0 fully saturated rings. The van der Waals surface area contributed by atoms with Gasteiger partial charge in [-0.2, -0.15) is 10.2 Å². The van der Waals surface area contributed by atoms with Crippen LogP contribution in [0, 0.1) is 11.7 Å². The molecule has 0 unspecified atom stereocenters. The highest BCUT2D eigenvalue weighted by Gasteiger charge is 2.11. The summed E-state index contributed by atoms with van der Waals surface area (Å²) in [5.74, 6) is 6.27. The monoisotopic (exact) mass is 210 g/mol. The van der Waals surface area contributed by atoms with Gasteiger partial charge in [0, 0.05) is 7.05 Å². The molecular formula is C7H10N6S. The fraction of sp³-hybridized carbons (Fsp3) is 0.286. The van der Waals surface area contributed by atoms with E-state index in [0.29, 0.717) is 10.6 Å². The van der Waals surface area contributed by atoms with E-state index >= 15 is 0 Å². The number of aryl methyl sites for hydroxylation is 2. The third-order valence-corrected chi connectivity index (χ3v) is 2.22. The number of hydrogen-bond donors (Lipinski definition) is 2. The van der Waals surface area contributed by atoms with Crippen LogP contribution in [-0.4, -0.2) is 24.7 Å². The zero-order valence-corrected chi connectivity index (χ0v) is 8.67. The highest BCUT2D eigenvalue weighted by atomic mass is 32.1. The van der Waals surface area contributed by atoms with E-state index in [0.717, 1.165) is 11.4 Å². The third kappa shape index (κ3) is 1.22. The minimum atomic E-state index is 0.388. The Labute approximate surface area is 85.3 Å². The summed E-state index contributed by atoms with van der Waals surface area (Å²) in [4.78, 5) is 0. The molecule has 0 bridgehead atoms. The van der Waals surface area contributed by atoms with Gasteiger partial charge >= 0.3 is 0 Å². The fourth-order valence-corrected chi connectivity index (χ4v) is 1.44. The van der Waals surface area contributed by atoms with Crippen molar-refractivity contribution in [3.8, 4) is 11.5 Å². The van der Waals surface area contributed by atoms with E-state index < -0.39 is 0 Å². The smallest absolute Gasteiger partial charge is 0.214 e. The number of nitrogens with zero attached hydrogens (tertiary/aromatic N) is 4. The Morgan fingerprint density at radius 2 is 2.29 bits per heavy atom. The molecule has 3 N–H and O–H groups in total. The number of nitrogens with one attached hydrogen (secondary N) is 1. The molecule has 0 aromatic carbocycles. The van der Waals surface area contributed by atoms with E-state index in [-0.39, 0.29) is 0 Å². The molecule has 0 aliphatic heterocycles. The Kier molecular flexibility index (Phi) is 1.88. The Morgan fingerprint density at radius 1 is 1.57 bits per heavy atom. The van der Waals surface area contributed by atoms with Crippen molar-refractivity contribution in [3.63, 3.8) is 0 Å². The standard InChI is InChI=1S/C7H10N6S/c1-4-3-5(12(2)11-4)6-9-10-7(14)13(6)8/h3H,8H2,1-2H3,(H,10,14). The van der Waals surface area contributed by atoms with E-state index in [1.54, 1.807) is 4.68 Å². The van der Waals surface area contributed by atoms with Crippen LogP contribution in [0.2, 0.25) is 0 Å². The summed E-state index contributed by atoms with van der Waals surface area (Å²) >= 11 is 4.91. The number of rotatable bonds is 1. The highest BCUT2D eigenvalue weighted by Crippen LogP contribution is 2.15. The molecule has 0 amide bonds. The van der Waals surface area contributed by atoms with E-state index in [2.05, 4.69) is 15.3 Å². The largest absolute Gasteiger partial charge is 0.335 e. The van der Waals surface area contributed by atoms with Gasteiger partial charge in [0.25, 0.3) is 0 Å². The minimum Gasteiger partial charge on any atom is -0.335 e. The molecule has 14 heavy (non-hydrogen) atoms. The van der Waals surface area contributed by atoms with Gasteiger partial charge in [0.05, 0.1) is 5.69 Å². The SMILES string of the molecule is Cc1cc(-c2n[nH]c(=S)n2N)n(C)n1. The van der Waals surface area contributed by atoms with Crippen LogP contribution in [0.4, 0.5) is 0 Å². The molecule has 7 heteroatoms. The van der Waals surface area contributed by atoms with Crippen LogP contribution in [0.3, 0.4) is 0 Å². The Balaban J connectivity index is 2.65. The van der Waals surface area contributed by atoms with E-state index in [4.69, 9.17) is 18.1 Å². The molecule has 0 spiro atoms. The Hall–Kier alpha value is -1.63. The number of hydrogen-bond acceptors (Lipinski definition) is 4. The van der Waals surface area contributed by atoms with Gasteiger partial charge < -0.3 is 5.84 Å². The van der Waals surface area contributed by atoms with Crippen LogP contribution in [0.25, 0.3) is 11.5 Å². The first kappa shape index (κ1) is 8.95. The second-order valence-corrected chi connectivity index (χ2v) is 3.40. The molecule has 2 heterocycles. The maximum Gasteiger partial charge on any atom is 0.214 e. The van der Waals surface area contributed by atoms with Crippen molar-refractivity contribution in [2.45, 2.75) is 6.92 Å². The molecule has 0 saturated carbocycles. The number of nitrogen functional groups attached to an aromatic ring is 1. The lowest BCUT2D eigenvalue weighted by Crippen LogP contribution is -2.11. The van der Waals surface area contributed by atoms with Crippen molar-refractivity contribution in [2.75, 3.05) is 5.84 Å². The quantitative estimate of drug-likeness (QED) is 0.526. The van der Waals surface area contributed by atoms with Gasteiger partial charge in [-0.1, -0.05) is 0 Å². The van der Waals surface area contributed by atoms with Crippen LogP contribution in [0.15, 0.2) is 6.07 Å². The van der Waals surface area contributed by atoms with Gasteiger partial charge in [-0.15, -0.1) is 0 Å². The zero-order valence-electron chi connectivity index (χ0n) is 7.85. The summed E-state index contributed by atoms with van der Waals surface area (Å²) in [6.45, 7) is 1.91. The van der Waals surface area contributed by atoms with Crippen molar-refractivity contribution in [3.05, 3.63) is 16.5 Å². The van der Waals surface area contributed by atoms with E-state index in [9.17, 15) is 0 Å². The van der Waals surface area contributed by atoms with Gasteiger partial charge in [0.1, 0.15) is 5.69 Å². The average Bonchev–Trinajstić information content (AvgIpc) is 2.59. The second-order valence-electron chi connectivity index (χ2n) is 3.02. The van der Waals surface area contributed by atoms with Crippen molar-refractivity contribution < 1.29 is 0 Å². The molecule has 2 rings (SSSR count). The lowest BCUT2D eigenvalue weighted by Gasteiger charge is -1.99. The topological polar surface area (TPSA) is 77.5 Å². The number of aromatic nitrogens is 5. The average molecular weight is 210 g/mol.